The van der Waals surface area contributed by atoms with Crippen molar-refractivity contribution in [3.63, 3.8) is 0 Å². The molecule has 27 heavy (non-hydrogen) atoms. The maximum Gasteiger partial charge on any atom is 0.251 e. The third-order valence-electron chi connectivity index (χ3n) is 4.59. The van der Waals surface area contributed by atoms with E-state index < -0.39 is 10.0 Å². The van der Waals surface area contributed by atoms with Gasteiger partial charge in [0.1, 0.15) is 4.90 Å². The van der Waals surface area contributed by atoms with Crippen LogP contribution < -0.4 is 5.32 Å². The summed E-state index contributed by atoms with van der Waals surface area (Å²) in [4.78, 5) is 12.4. The quantitative estimate of drug-likeness (QED) is 0.784. The highest BCUT2D eigenvalue weighted by Crippen LogP contribution is 2.22. The van der Waals surface area contributed by atoms with E-state index in [1.165, 1.54) is 18.4 Å². The molecule has 1 atom stereocenters. The fourth-order valence-electron chi connectivity index (χ4n) is 2.73. The summed E-state index contributed by atoms with van der Waals surface area (Å²) in [5.41, 5.74) is 2.61. The predicted octanol–water partition coefficient (Wildman–Crippen LogP) is 2.33. The molecule has 2 aromatic rings. The SMILES string of the molecule is CC[C@H](C)NC(=O)c1ccc(Cn2nc(C)c(S(=O)(=O)N(C)C)c2C)cc1. The van der Waals surface area contributed by atoms with Crippen LogP contribution in [0, 0.1) is 13.8 Å². The van der Waals surface area contributed by atoms with Gasteiger partial charge in [-0.05, 0) is 44.9 Å². The number of carbonyl (C=O) groups excluding carboxylic acids is 1. The summed E-state index contributed by atoms with van der Waals surface area (Å²) in [5.74, 6) is -0.0959. The summed E-state index contributed by atoms with van der Waals surface area (Å²) in [5, 5.41) is 7.33. The number of sulfonamides is 1. The van der Waals surface area contributed by atoms with Gasteiger partial charge >= 0.3 is 0 Å². The van der Waals surface area contributed by atoms with E-state index in [9.17, 15) is 13.2 Å². The number of carbonyl (C=O) groups is 1. The van der Waals surface area contributed by atoms with Crippen molar-refractivity contribution in [3.05, 3.63) is 46.8 Å². The molecule has 8 heteroatoms. The number of hydrogen-bond donors (Lipinski definition) is 1. The molecule has 7 nitrogen and oxygen atoms in total. The minimum absolute atomic E-state index is 0.0959. The maximum atomic E-state index is 12.5. The fraction of sp³-hybridized carbons (Fsp3) is 0.474. The Morgan fingerprint density at radius 1 is 1.22 bits per heavy atom. The molecule has 0 spiro atoms. The molecule has 1 heterocycles. The van der Waals surface area contributed by atoms with Gasteiger partial charge in [0.15, 0.2) is 0 Å². The molecule has 1 amide bonds. The highest BCUT2D eigenvalue weighted by molar-refractivity contribution is 7.89. The van der Waals surface area contributed by atoms with Gasteiger partial charge in [0.05, 0.1) is 17.9 Å². The van der Waals surface area contributed by atoms with Crippen LogP contribution >= 0.6 is 0 Å². The van der Waals surface area contributed by atoms with E-state index in [1.807, 2.05) is 26.0 Å². The fourth-order valence-corrected chi connectivity index (χ4v) is 3.99. The van der Waals surface area contributed by atoms with Crippen LogP contribution in [-0.2, 0) is 16.6 Å². The summed E-state index contributed by atoms with van der Waals surface area (Å²) in [7, 11) is -0.527. The van der Waals surface area contributed by atoms with Crippen molar-refractivity contribution in [1.82, 2.24) is 19.4 Å². The average Bonchev–Trinajstić information content (AvgIpc) is 2.89. The van der Waals surface area contributed by atoms with Gasteiger partial charge in [0, 0.05) is 25.7 Å². The Bertz CT molecular complexity index is 915. The van der Waals surface area contributed by atoms with Crippen molar-refractivity contribution in [2.24, 2.45) is 0 Å². The molecule has 0 unspecified atom stereocenters. The molecule has 148 valence electrons. The van der Waals surface area contributed by atoms with Crippen LogP contribution in [0.3, 0.4) is 0 Å². The monoisotopic (exact) mass is 392 g/mol. The standard InChI is InChI=1S/C19H28N4O3S/c1-7-13(2)20-19(24)17-10-8-16(9-11-17)12-23-15(4)18(14(3)21-23)27(25,26)22(5)6/h8-11,13H,7,12H2,1-6H3,(H,20,24)/t13-/m0/s1. The molecular formula is C19H28N4O3S. The first-order chi connectivity index (χ1) is 12.6. The molecule has 0 saturated carbocycles. The molecule has 0 aliphatic heterocycles. The highest BCUT2D eigenvalue weighted by atomic mass is 32.2. The Morgan fingerprint density at radius 3 is 2.33 bits per heavy atom. The Hall–Kier alpha value is -2.19. The lowest BCUT2D eigenvalue weighted by atomic mass is 10.1. The Balaban J connectivity index is 2.23. The van der Waals surface area contributed by atoms with E-state index in [2.05, 4.69) is 10.4 Å². The lowest BCUT2D eigenvalue weighted by Crippen LogP contribution is -2.31. The van der Waals surface area contributed by atoms with Crippen LogP contribution in [0.15, 0.2) is 29.2 Å². The van der Waals surface area contributed by atoms with Gasteiger partial charge in [-0.1, -0.05) is 19.1 Å². The summed E-state index contributed by atoms with van der Waals surface area (Å²) in [6.07, 6.45) is 0.875. The minimum atomic E-state index is -3.54. The zero-order chi connectivity index (χ0) is 20.4. The zero-order valence-electron chi connectivity index (χ0n) is 16.8. The summed E-state index contributed by atoms with van der Waals surface area (Å²) < 4.78 is 27.9. The lowest BCUT2D eigenvalue weighted by molar-refractivity contribution is 0.0939. The van der Waals surface area contributed by atoms with Crippen LogP contribution in [0.1, 0.15) is 47.6 Å². The number of hydrogen-bond acceptors (Lipinski definition) is 4. The predicted molar refractivity (Wildman–Crippen MR) is 105 cm³/mol. The maximum absolute atomic E-state index is 12.5. The van der Waals surface area contributed by atoms with E-state index in [4.69, 9.17) is 0 Å². The number of amides is 1. The highest BCUT2D eigenvalue weighted by Gasteiger charge is 2.26. The van der Waals surface area contributed by atoms with Crippen molar-refractivity contribution < 1.29 is 13.2 Å². The molecule has 1 aromatic carbocycles. The van der Waals surface area contributed by atoms with Gasteiger partial charge in [0.25, 0.3) is 5.91 Å². The van der Waals surface area contributed by atoms with Crippen LogP contribution in [0.5, 0.6) is 0 Å². The molecule has 0 radical (unpaired) electrons. The van der Waals surface area contributed by atoms with Crippen molar-refractivity contribution in [2.75, 3.05) is 14.1 Å². The van der Waals surface area contributed by atoms with E-state index >= 15 is 0 Å². The second-order valence-electron chi connectivity index (χ2n) is 6.92. The van der Waals surface area contributed by atoms with Crippen LogP contribution in [0.4, 0.5) is 0 Å². The summed E-state index contributed by atoms with van der Waals surface area (Å²) >= 11 is 0. The van der Waals surface area contributed by atoms with Gasteiger partial charge in [-0.3, -0.25) is 9.48 Å². The molecule has 0 saturated heterocycles. The number of aromatic nitrogens is 2. The second kappa shape index (κ2) is 8.22. The largest absolute Gasteiger partial charge is 0.350 e. The second-order valence-corrected chi connectivity index (χ2v) is 9.01. The first-order valence-corrected chi connectivity index (χ1v) is 10.4. The molecule has 0 aliphatic rings. The number of nitrogens with zero attached hydrogens (tertiary/aromatic N) is 3. The van der Waals surface area contributed by atoms with E-state index in [0.717, 1.165) is 12.0 Å². The molecular weight excluding hydrogens is 364 g/mol. The Kier molecular flexibility index (Phi) is 6.43. The van der Waals surface area contributed by atoms with E-state index in [0.29, 0.717) is 23.5 Å². The molecule has 0 aliphatic carbocycles. The van der Waals surface area contributed by atoms with Gasteiger partial charge in [-0.25, -0.2) is 12.7 Å². The first-order valence-electron chi connectivity index (χ1n) is 8.94. The van der Waals surface area contributed by atoms with Crippen molar-refractivity contribution in [1.29, 1.82) is 0 Å². The minimum Gasteiger partial charge on any atom is -0.350 e. The third-order valence-corrected chi connectivity index (χ3v) is 6.66. The average molecular weight is 393 g/mol. The van der Waals surface area contributed by atoms with Crippen LogP contribution in [0.2, 0.25) is 0 Å². The molecule has 2 rings (SSSR count). The Labute approximate surface area is 161 Å². The van der Waals surface area contributed by atoms with Crippen LogP contribution in [-0.4, -0.2) is 48.5 Å². The smallest absolute Gasteiger partial charge is 0.251 e. The number of benzene rings is 1. The number of aryl methyl sites for hydroxylation is 1. The third kappa shape index (κ3) is 4.56. The van der Waals surface area contributed by atoms with Gasteiger partial charge in [-0.2, -0.15) is 5.10 Å². The topological polar surface area (TPSA) is 84.3 Å². The number of rotatable bonds is 7. The lowest BCUT2D eigenvalue weighted by Gasteiger charge is -2.12. The first kappa shape index (κ1) is 21.1. The van der Waals surface area contributed by atoms with E-state index in [1.54, 1.807) is 30.7 Å². The molecule has 0 fully saturated rings. The van der Waals surface area contributed by atoms with E-state index in [-0.39, 0.29) is 16.8 Å². The van der Waals surface area contributed by atoms with Crippen molar-refractivity contribution >= 4 is 15.9 Å². The zero-order valence-corrected chi connectivity index (χ0v) is 17.6. The van der Waals surface area contributed by atoms with Crippen molar-refractivity contribution in [2.45, 2.75) is 51.6 Å². The van der Waals surface area contributed by atoms with Gasteiger partial charge < -0.3 is 5.32 Å². The normalized spacial score (nSPS) is 13.0. The van der Waals surface area contributed by atoms with Crippen LogP contribution in [0.25, 0.3) is 0 Å². The molecule has 1 N–H and O–H groups in total. The molecule has 1 aromatic heterocycles. The summed E-state index contributed by atoms with van der Waals surface area (Å²) in [6.45, 7) is 7.87. The molecule has 0 bridgehead atoms. The van der Waals surface area contributed by atoms with Gasteiger partial charge in [0.2, 0.25) is 10.0 Å². The Morgan fingerprint density at radius 2 is 1.81 bits per heavy atom. The number of nitrogens with one attached hydrogen (secondary N) is 1. The summed E-state index contributed by atoms with van der Waals surface area (Å²) in [6, 6.07) is 7.40. The van der Waals surface area contributed by atoms with Crippen molar-refractivity contribution in [3.8, 4) is 0 Å². The van der Waals surface area contributed by atoms with Gasteiger partial charge in [-0.15, -0.1) is 0 Å².